The number of nitrogens with zero attached hydrogens (tertiary/aromatic N) is 2. The van der Waals surface area contributed by atoms with Gasteiger partial charge in [0.05, 0.1) is 6.26 Å². The van der Waals surface area contributed by atoms with E-state index in [1.807, 2.05) is 31.3 Å². The van der Waals surface area contributed by atoms with Gasteiger partial charge in [-0.1, -0.05) is 30.3 Å². The minimum absolute atomic E-state index is 0.775. The molecule has 0 unspecified atom stereocenters. The lowest BCUT2D eigenvalue weighted by Gasteiger charge is -2.04. The molecule has 1 aromatic carbocycles. The molecule has 4 aromatic rings. The predicted octanol–water partition coefficient (Wildman–Crippen LogP) is 4.85. The lowest BCUT2D eigenvalue weighted by atomic mass is 10.0. The molecule has 0 atom stereocenters. The number of aromatic nitrogens is 2. The Morgan fingerprint density at radius 1 is 1.09 bits per heavy atom. The van der Waals surface area contributed by atoms with E-state index in [4.69, 9.17) is 4.42 Å². The molecule has 0 amide bonds. The Balaban J connectivity index is 1.94. The van der Waals surface area contributed by atoms with Crippen LogP contribution in [0.25, 0.3) is 21.3 Å². The maximum absolute atomic E-state index is 5.52. The second kappa shape index (κ2) is 5.39. The molecule has 108 valence electrons. The van der Waals surface area contributed by atoms with Crippen LogP contribution in [-0.4, -0.2) is 9.97 Å². The molecule has 0 saturated heterocycles. The number of hydrogen-bond donors (Lipinski definition) is 0. The first-order valence-corrected chi connectivity index (χ1v) is 7.96. The molecule has 22 heavy (non-hydrogen) atoms. The predicted molar refractivity (Wildman–Crippen MR) is 89.1 cm³/mol. The smallest absolute Gasteiger partial charge is 0.127 e. The molecule has 3 nitrogen and oxygen atoms in total. The van der Waals surface area contributed by atoms with E-state index in [9.17, 15) is 0 Å². The first-order valence-electron chi connectivity index (χ1n) is 7.14. The average molecular weight is 306 g/mol. The molecule has 0 N–H and O–H groups in total. The zero-order valence-corrected chi connectivity index (χ0v) is 12.9. The molecule has 0 aliphatic carbocycles. The van der Waals surface area contributed by atoms with Crippen LogP contribution in [-0.2, 0) is 6.42 Å². The quantitative estimate of drug-likeness (QED) is 0.543. The van der Waals surface area contributed by atoms with Crippen molar-refractivity contribution < 1.29 is 4.42 Å². The van der Waals surface area contributed by atoms with Gasteiger partial charge in [-0.15, -0.1) is 11.3 Å². The molecule has 0 radical (unpaired) electrons. The SMILES string of the molecule is Cc1ncc2c(-c3ccccc3)c(Cc3ccco3)sc2n1. The molecule has 4 rings (SSSR count). The van der Waals surface area contributed by atoms with Crippen molar-refractivity contribution in [3.05, 3.63) is 71.4 Å². The monoisotopic (exact) mass is 306 g/mol. The molecule has 0 aliphatic heterocycles. The van der Waals surface area contributed by atoms with Crippen molar-refractivity contribution in [1.29, 1.82) is 0 Å². The van der Waals surface area contributed by atoms with Crippen molar-refractivity contribution in [1.82, 2.24) is 9.97 Å². The van der Waals surface area contributed by atoms with Gasteiger partial charge in [0.15, 0.2) is 0 Å². The number of thiophene rings is 1. The number of furan rings is 1. The van der Waals surface area contributed by atoms with Crippen LogP contribution in [0.5, 0.6) is 0 Å². The van der Waals surface area contributed by atoms with Crippen molar-refractivity contribution >= 4 is 21.6 Å². The second-order valence-corrected chi connectivity index (χ2v) is 6.24. The van der Waals surface area contributed by atoms with Gasteiger partial charge in [-0.25, -0.2) is 9.97 Å². The van der Waals surface area contributed by atoms with E-state index in [-0.39, 0.29) is 0 Å². The largest absolute Gasteiger partial charge is 0.469 e. The van der Waals surface area contributed by atoms with E-state index < -0.39 is 0 Å². The van der Waals surface area contributed by atoms with Crippen molar-refractivity contribution in [3.63, 3.8) is 0 Å². The van der Waals surface area contributed by atoms with Crippen molar-refractivity contribution in [3.8, 4) is 11.1 Å². The van der Waals surface area contributed by atoms with Crippen LogP contribution < -0.4 is 0 Å². The second-order valence-electron chi connectivity index (χ2n) is 5.16. The van der Waals surface area contributed by atoms with Gasteiger partial charge in [0.2, 0.25) is 0 Å². The first kappa shape index (κ1) is 13.2. The number of rotatable bonds is 3. The van der Waals surface area contributed by atoms with Gasteiger partial charge in [-0.3, -0.25) is 0 Å². The lowest BCUT2D eigenvalue weighted by Crippen LogP contribution is -1.87. The van der Waals surface area contributed by atoms with Gasteiger partial charge in [0.1, 0.15) is 16.4 Å². The third kappa shape index (κ3) is 2.31. The summed E-state index contributed by atoms with van der Waals surface area (Å²) in [4.78, 5) is 11.3. The maximum atomic E-state index is 5.52. The summed E-state index contributed by atoms with van der Waals surface area (Å²) in [6.07, 6.45) is 4.42. The minimum Gasteiger partial charge on any atom is -0.469 e. The van der Waals surface area contributed by atoms with Crippen LogP contribution in [0.4, 0.5) is 0 Å². The van der Waals surface area contributed by atoms with E-state index in [1.165, 1.54) is 16.0 Å². The van der Waals surface area contributed by atoms with Crippen LogP contribution in [0, 0.1) is 6.92 Å². The van der Waals surface area contributed by atoms with E-state index in [1.54, 1.807) is 17.6 Å². The highest BCUT2D eigenvalue weighted by Crippen LogP contribution is 2.38. The molecule has 0 spiro atoms. The zero-order valence-electron chi connectivity index (χ0n) is 12.1. The van der Waals surface area contributed by atoms with Crippen LogP contribution in [0.2, 0.25) is 0 Å². The van der Waals surface area contributed by atoms with Crippen LogP contribution >= 0.6 is 11.3 Å². The van der Waals surface area contributed by atoms with Crippen molar-refractivity contribution in [2.24, 2.45) is 0 Å². The molecular formula is C18H14N2OS. The maximum Gasteiger partial charge on any atom is 0.127 e. The van der Waals surface area contributed by atoms with Crippen LogP contribution in [0.1, 0.15) is 16.5 Å². The summed E-state index contributed by atoms with van der Waals surface area (Å²) < 4.78 is 5.52. The van der Waals surface area contributed by atoms with E-state index in [2.05, 4.69) is 34.2 Å². The van der Waals surface area contributed by atoms with Crippen molar-refractivity contribution in [2.45, 2.75) is 13.3 Å². The summed E-state index contributed by atoms with van der Waals surface area (Å²) >= 11 is 1.72. The van der Waals surface area contributed by atoms with Crippen LogP contribution in [0.3, 0.4) is 0 Å². The average Bonchev–Trinajstić information content (AvgIpc) is 3.15. The summed E-state index contributed by atoms with van der Waals surface area (Å²) in [5, 5.41) is 1.11. The van der Waals surface area contributed by atoms with Gasteiger partial charge in [-0.2, -0.15) is 0 Å². The number of benzene rings is 1. The fourth-order valence-corrected chi connectivity index (χ4v) is 3.85. The molecule has 0 bridgehead atoms. The normalized spacial score (nSPS) is 11.1. The van der Waals surface area contributed by atoms with Gasteiger partial charge < -0.3 is 4.42 Å². The summed E-state index contributed by atoms with van der Waals surface area (Å²) in [5.41, 5.74) is 2.42. The number of fused-ring (bicyclic) bond motifs is 1. The molecular weight excluding hydrogens is 292 g/mol. The Morgan fingerprint density at radius 3 is 2.73 bits per heavy atom. The molecule has 3 heterocycles. The molecule has 0 aliphatic rings. The topological polar surface area (TPSA) is 38.9 Å². The molecule has 4 heteroatoms. The van der Waals surface area contributed by atoms with Gasteiger partial charge in [0, 0.05) is 28.4 Å². The highest BCUT2D eigenvalue weighted by Gasteiger charge is 2.16. The Kier molecular flexibility index (Phi) is 3.24. The molecule has 0 fully saturated rings. The fraction of sp³-hybridized carbons (Fsp3) is 0.111. The number of hydrogen-bond acceptors (Lipinski definition) is 4. The molecule has 0 saturated carbocycles. The van der Waals surface area contributed by atoms with Crippen molar-refractivity contribution in [2.75, 3.05) is 0 Å². The fourth-order valence-electron chi connectivity index (χ4n) is 2.63. The van der Waals surface area contributed by atoms with Gasteiger partial charge in [-0.05, 0) is 24.6 Å². The van der Waals surface area contributed by atoms with E-state index in [0.717, 1.165) is 28.2 Å². The molecule has 3 aromatic heterocycles. The summed E-state index contributed by atoms with van der Waals surface area (Å²) in [5.74, 6) is 1.77. The standard InChI is InChI=1S/C18H14N2OS/c1-12-19-11-15-17(13-6-3-2-4-7-13)16(22-18(15)20-12)10-14-8-5-9-21-14/h2-9,11H,10H2,1H3. The summed E-state index contributed by atoms with van der Waals surface area (Å²) in [6, 6.07) is 14.4. The summed E-state index contributed by atoms with van der Waals surface area (Å²) in [7, 11) is 0. The first-order chi connectivity index (χ1) is 10.8. The minimum atomic E-state index is 0.775. The third-order valence-electron chi connectivity index (χ3n) is 3.62. The Labute approximate surface area is 132 Å². The van der Waals surface area contributed by atoms with E-state index >= 15 is 0 Å². The van der Waals surface area contributed by atoms with Crippen LogP contribution in [0.15, 0.2) is 59.3 Å². The highest BCUT2D eigenvalue weighted by molar-refractivity contribution is 7.19. The Morgan fingerprint density at radius 2 is 1.95 bits per heavy atom. The van der Waals surface area contributed by atoms with Gasteiger partial charge >= 0.3 is 0 Å². The Hall–Kier alpha value is -2.46. The summed E-state index contributed by atoms with van der Waals surface area (Å²) in [6.45, 7) is 1.92. The lowest BCUT2D eigenvalue weighted by molar-refractivity contribution is 0.522. The van der Waals surface area contributed by atoms with E-state index in [0.29, 0.717) is 0 Å². The Bertz CT molecular complexity index is 911. The van der Waals surface area contributed by atoms with Gasteiger partial charge in [0.25, 0.3) is 0 Å². The number of aryl methyl sites for hydroxylation is 1. The zero-order chi connectivity index (χ0) is 14.9. The highest BCUT2D eigenvalue weighted by atomic mass is 32.1. The third-order valence-corrected chi connectivity index (χ3v) is 4.72.